The van der Waals surface area contributed by atoms with Crippen LogP contribution in [0.4, 0.5) is 0 Å². The highest BCUT2D eigenvalue weighted by atomic mass is 32.2. The molecule has 0 saturated carbocycles. The van der Waals surface area contributed by atoms with E-state index in [4.69, 9.17) is 14.2 Å². The molecule has 1 amide bonds. The molecule has 1 atom stereocenters. The third-order valence-electron chi connectivity index (χ3n) is 4.55. The van der Waals surface area contributed by atoms with Crippen LogP contribution in [-0.4, -0.2) is 49.5 Å². The van der Waals surface area contributed by atoms with Gasteiger partial charge < -0.3 is 24.2 Å². The van der Waals surface area contributed by atoms with E-state index in [1.165, 1.54) is 0 Å². The second-order valence-corrected chi connectivity index (χ2v) is 7.18. The molecule has 0 bridgehead atoms. The molecular formula is C20H23NO5S. The summed E-state index contributed by atoms with van der Waals surface area (Å²) in [5, 5.41) is 9.23. The van der Waals surface area contributed by atoms with Crippen LogP contribution in [0.1, 0.15) is 16.5 Å². The van der Waals surface area contributed by atoms with Gasteiger partial charge in [-0.1, -0.05) is 12.1 Å². The van der Waals surface area contributed by atoms with E-state index in [1.807, 2.05) is 17.0 Å². The van der Waals surface area contributed by atoms with Gasteiger partial charge in [0, 0.05) is 18.7 Å². The first-order valence-corrected chi connectivity index (χ1v) is 9.61. The Morgan fingerprint density at radius 1 is 1.07 bits per heavy atom. The number of hydrogen-bond acceptors (Lipinski definition) is 6. The zero-order valence-electron chi connectivity index (χ0n) is 15.6. The number of phenolic OH excluding ortho intramolecular Hbond substituents is 1. The number of carbonyl (C=O) groups is 1. The molecule has 144 valence electrons. The van der Waals surface area contributed by atoms with Gasteiger partial charge in [0.15, 0.2) is 0 Å². The lowest BCUT2D eigenvalue weighted by Crippen LogP contribution is -2.30. The zero-order valence-corrected chi connectivity index (χ0v) is 16.4. The van der Waals surface area contributed by atoms with Crippen LogP contribution in [0, 0.1) is 0 Å². The van der Waals surface area contributed by atoms with Crippen molar-refractivity contribution in [2.45, 2.75) is 11.8 Å². The number of rotatable bonds is 7. The second-order valence-electron chi connectivity index (χ2n) is 6.11. The van der Waals surface area contributed by atoms with Gasteiger partial charge in [-0.15, -0.1) is 11.8 Å². The summed E-state index contributed by atoms with van der Waals surface area (Å²) in [6, 6.07) is 10.7. The molecule has 2 aromatic rings. The van der Waals surface area contributed by atoms with Gasteiger partial charge in [-0.05, 0) is 24.1 Å². The molecule has 3 rings (SSSR count). The number of hydrogen-bond donors (Lipinski definition) is 1. The zero-order chi connectivity index (χ0) is 19.4. The number of carbonyl (C=O) groups excluding carboxylic acids is 1. The SMILES string of the molecule is COc1cc(OC)c(C2SCC(=O)N2CCc2ccc(O)cc2)c(OC)c1. The number of ether oxygens (including phenoxy) is 3. The van der Waals surface area contributed by atoms with Crippen molar-refractivity contribution >= 4 is 17.7 Å². The molecule has 1 aliphatic rings. The largest absolute Gasteiger partial charge is 0.508 e. The third-order valence-corrected chi connectivity index (χ3v) is 5.77. The van der Waals surface area contributed by atoms with Crippen LogP contribution in [-0.2, 0) is 11.2 Å². The van der Waals surface area contributed by atoms with Crippen molar-refractivity contribution in [1.82, 2.24) is 4.90 Å². The molecule has 1 saturated heterocycles. The minimum absolute atomic E-state index is 0.0868. The Hall–Kier alpha value is -2.54. The Bertz CT molecular complexity index is 784. The van der Waals surface area contributed by atoms with Crippen molar-refractivity contribution in [2.24, 2.45) is 0 Å². The summed E-state index contributed by atoms with van der Waals surface area (Å²) >= 11 is 1.56. The number of phenols is 1. The summed E-state index contributed by atoms with van der Waals surface area (Å²) in [5.74, 6) is 2.64. The first-order chi connectivity index (χ1) is 13.1. The molecule has 1 N–H and O–H groups in total. The van der Waals surface area contributed by atoms with E-state index in [-0.39, 0.29) is 17.0 Å². The molecule has 0 aromatic heterocycles. The first kappa shape index (κ1) is 19.2. The lowest BCUT2D eigenvalue weighted by molar-refractivity contribution is -0.128. The predicted octanol–water partition coefficient (Wildman–Crippen LogP) is 3.23. The number of nitrogens with zero attached hydrogens (tertiary/aromatic N) is 1. The van der Waals surface area contributed by atoms with Crippen LogP contribution in [0.2, 0.25) is 0 Å². The Kier molecular flexibility index (Phi) is 6.01. The summed E-state index contributed by atoms with van der Waals surface area (Å²) in [7, 11) is 4.78. The molecule has 7 heteroatoms. The number of aromatic hydroxyl groups is 1. The van der Waals surface area contributed by atoms with Gasteiger partial charge in [0.05, 0.1) is 32.6 Å². The maximum Gasteiger partial charge on any atom is 0.233 e. The van der Waals surface area contributed by atoms with E-state index in [0.717, 1.165) is 11.1 Å². The first-order valence-electron chi connectivity index (χ1n) is 8.56. The Morgan fingerprint density at radius 3 is 2.26 bits per heavy atom. The van der Waals surface area contributed by atoms with Gasteiger partial charge in [0.2, 0.25) is 5.91 Å². The Balaban J connectivity index is 1.88. The lowest BCUT2D eigenvalue weighted by Gasteiger charge is -2.27. The highest BCUT2D eigenvalue weighted by Crippen LogP contribution is 2.48. The predicted molar refractivity (Wildman–Crippen MR) is 105 cm³/mol. The van der Waals surface area contributed by atoms with Crippen LogP contribution in [0.15, 0.2) is 36.4 Å². The van der Waals surface area contributed by atoms with Gasteiger partial charge in [0.1, 0.15) is 28.4 Å². The molecule has 1 unspecified atom stereocenters. The van der Waals surface area contributed by atoms with Gasteiger partial charge in [-0.25, -0.2) is 0 Å². The van der Waals surface area contributed by atoms with Crippen LogP contribution in [0.5, 0.6) is 23.0 Å². The summed E-state index contributed by atoms with van der Waals surface area (Å²) < 4.78 is 16.4. The summed E-state index contributed by atoms with van der Waals surface area (Å²) in [4.78, 5) is 14.4. The summed E-state index contributed by atoms with van der Waals surface area (Å²) in [6.07, 6.45) is 0.698. The van der Waals surface area contributed by atoms with Gasteiger partial charge in [-0.3, -0.25) is 4.79 Å². The average molecular weight is 389 g/mol. The molecule has 6 nitrogen and oxygen atoms in total. The van der Waals surface area contributed by atoms with Crippen LogP contribution < -0.4 is 14.2 Å². The minimum Gasteiger partial charge on any atom is -0.508 e. The van der Waals surface area contributed by atoms with Crippen molar-refractivity contribution in [1.29, 1.82) is 0 Å². The average Bonchev–Trinajstić information content (AvgIpc) is 3.06. The fourth-order valence-electron chi connectivity index (χ4n) is 3.12. The molecule has 0 aliphatic carbocycles. The molecule has 1 fully saturated rings. The Labute approximate surface area is 163 Å². The fraction of sp³-hybridized carbons (Fsp3) is 0.350. The van der Waals surface area contributed by atoms with Gasteiger partial charge in [0.25, 0.3) is 0 Å². The van der Waals surface area contributed by atoms with Crippen molar-refractivity contribution in [3.8, 4) is 23.0 Å². The lowest BCUT2D eigenvalue weighted by atomic mass is 10.1. The fourth-order valence-corrected chi connectivity index (χ4v) is 4.39. The molecule has 2 aromatic carbocycles. The maximum atomic E-state index is 12.5. The van der Waals surface area contributed by atoms with Crippen LogP contribution in [0.3, 0.4) is 0 Å². The monoisotopic (exact) mass is 389 g/mol. The number of methoxy groups -OCH3 is 3. The highest BCUT2D eigenvalue weighted by molar-refractivity contribution is 8.00. The topological polar surface area (TPSA) is 68.2 Å². The van der Waals surface area contributed by atoms with Crippen molar-refractivity contribution in [3.63, 3.8) is 0 Å². The second kappa shape index (κ2) is 8.43. The standard InChI is InChI=1S/C20H23NO5S/c1-24-15-10-16(25-2)19(17(11-15)26-3)20-21(18(23)12-27-20)9-8-13-4-6-14(22)7-5-13/h4-7,10-11,20,22H,8-9,12H2,1-3H3. The van der Waals surface area contributed by atoms with Gasteiger partial charge >= 0.3 is 0 Å². The number of amides is 1. The van der Waals surface area contributed by atoms with E-state index in [1.54, 1.807) is 57.4 Å². The summed E-state index contributed by atoms with van der Waals surface area (Å²) in [6.45, 7) is 0.569. The quantitative estimate of drug-likeness (QED) is 0.784. The smallest absolute Gasteiger partial charge is 0.233 e. The summed E-state index contributed by atoms with van der Waals surface area (Å²) in [5.41, 5.74) is 1.90. The van der Waals surface area contributed by atoms with E-state index in [9.17, 15) is 9.90 Å². The van der Waals surface area contributed by atoms with Gasteiger partial charge in [-0.2, -0.15) is 0 Å². The molecule has 0 spiro atoms. The van der Waals surface area contributed by atoms with E-state index < -0.39 is 0 Å². The normalized spacial score (nSPS) is 16.5. The van der Waals surface area contributed by atoms with E-state index >= 15 is 0 Å². The van der Waals surface area contributed by atoms with E-state index in [2.05, 4.69) is 0 Å². The maximum absolute atomic E-state index is 12.5. The molecule has 1 aliphatic heterocycles. The molecular weight excluding hydrogens is 366 g/mol. The van der Waals surface area contributed by atoms with E-state index in [0.29, 0.717) is 36.0 Å². The van der Waals surface area contributed by atoms with Crippen molar-refractivity contribution < 1.29 is 24.1 Å². The highest BCUT2D eigenvalue weighted by Gasteiger charge is 2.36. The number of thioether (sulfide) groups is 1. The number of benzene rings is 2. The Morgan fingerprint density at radius 2 is 1.70 bits per heavy atom. The van der Waals surface area contributed by atoms with Crippen molar-refractivity contribution in [3.05, 3.63) is 47.5 Å². The molecule has 27 heavy (non-hydrogen) atoms. The van der Waals surface area contributed by atoms with Crippen LogP contribution in [0.25, 0.3) is 0 Å². The van der Waals surface area contributed by atoms with Crippen molar-refractivity contribution in [2.75, 3.05) is 33.6 Å². The molecule has 0 radical (unpaired) electrons. The third kappa shape index (κ3) is 4.08. The minimum atomic E-state index is -0.189. The molecule has 1 heterocycles. The van der Waals surface area contributed by atoms with Crippen LogP contribution >= 0.6 is 11.8 Å².